The van der Waals surface area contributed by atoms with Crippen molar-refractivity contribution >= 4 is 17.7 Å². The zero-order valence-corrected chi connectivity index (χ0v) is 11.9. The number of urea groups is 1. The molecule has 1 aromatic rings. The average molecular weight is 293 g/mol. The number of benzene rings is 1. The van der Waals surface area contributed by atoms with E-state index in [4.69, 9.17) is 9.84 Å². The van der Waals surface area contributed by atoms with Gasteiger partial charge in [0.25, 0.3) is 0 Å². The van der Waals surface area contributed by atoms with Crippen LogP contribution in [-0.2, 0) is 0 Å². The van der Waals surface area contributed by atoms with Gasteiger partial charge >= 0.3 is 12.0 Å². The molecular weight excluding hydrogens is 274 g/mol. The highest BCUT2D eigenvalue weighted by Crippen LogP contribution is 2.25. The number of hydrogen-bond acceptors (Lipinski definition) is 4. The van der Waals surface area contributed by atoms with Gasteiger partial charge in [-0.15, -0.1) is 0 Å². The lowest BCUT2D eigenvalue weighted by atomic mass is 10.2. The summed E-state index contributed by atoms with van der Waals surface area (Å²) in [5.41, 5.74) is 3.16. The van der Waals surface area contributed by atoms with Crippen LogP contribution in [0.4, 0.5) is 10.5 Å². The van der Waals surface area contributed by atoms with E-state index in [2.05, 4.69) is 10.7 Å². The van der Waals surface area contributed by atoms with Gasteiger partial charge in [-0.05, 0) is 31.0 Å². The molecule has 0 unspecified atom stereocenters. The Morgan fingerprint density at radius 3 is 2.57 bits per heavy atom. The summed E-state index contributed by atoms with van der Waals surface area (Å²) in [5.74, 6) is -0.647. The number of aromatic carboxylic acids is 1. The standard InChI is InChI=1S/C14H19N3O4/c1-21-12-6-5-10(13(18)19)9-11(12)15-14(20)16-17-7-3-2-4-8-17/h5-6,9H,2-4,7-8H2,1H3,(H,18,19)(H2,15,16,20). The van der Waals surface area contributed by atoms with Crippen LogP contribution in [-0.4, -0.2) is 42.3 Å². The van der Waals surface area contributed by atoms with Crippen molar-refractivity contribution in [2.45, 2.75) is 19.3 Å². The molecule has 1 aliphatic rings. The fraction of sp³-hybridized carbons (Fsp3) is 0.429. The van der Waals surface area contributed by atoms with Gasteiger partial charge in [-0.1, -0.05) is 6.42 Å². The van der Waals surface area contributed by atoms with Gasteiger partial charge in [0.15, 0.2) is 0 Å². The van der Waals surface area contributed by atoms with Gasteiger partial charge in [-0.25, -0.2) is 14.6 Å². The largest absolute Gasteiger partial charge is 0.495 e. The second kappa shape index (κ2) is 6.94. The number of hydrazine groups is 1. The van der Waals surface area contributed by atoms with E-state index in [1.54, 1.807) is 0 Å². The number of carboxylic acids is 1. The molecule has 1 aliphatic heterocycles. The van der Waals surface area contributed by atoms with Crippen molar-refractivity contribution in [1.82, 2.24) is 10.4 Å². The molecule has 0 atom stereocenters. The minimum atomic E-state index is -1.06. The van der Waals surface area contributed by atoms with Crippen molar-refractivity contribution in [3.8, 4) is 5.75 Å². The van der Waals surface area contributed by atoms with Crippen LogP contribution in [0, 0.1) is 0 Å². The summed E-state index contributed by atoms with van der Waals surface area (Å²) < 4.78 is 5.12. The summed E-state index contributed by atoms with van der Waals surface area (Å²) in [6.07, 6.45) is 3.28. The summed E-state index contributed by atoms with van der Waals surface area (Å²) >= 11 is 0. The molecule has 114 valence electrons. The van der Waals surface area contributed by atoms with Gasteiger partial charge in [0.1, 0.15) is 5.75 Å². The molecule has 7 heteroatoms. The number of amides is 2. The van der Waals surface area contributed by atoms with E-state index >= 15 is 0 Å². The third-order valence-electron chi connectivity index (χ3n) is 3.31. The molecule has 7 nitrogen and oxygen atoms in total. The smallest absolute Gasteiger partial charge is 0.335 e. The molecule has 2 amide bonds. The molecule has 1 saturated heterocycles. The minimum Gasteiger partial charge on any atom is -0.495 e. The number of carbonyl (C=O) groups excluding carboxylic acids is 1. The summed E-state index contributed by atoms with van der Waals surface area (Å²) in [5, 5.41) is 13.5. The highest BCUT2D eigenvalue weighted by atomic mass is 16.5. The summed E-state index contributed by atoms with van der Waals surface area (Å²) in [6.45, 7) is 1.64. The number of methoxy groups -OCH3 is 1. The Kier molecular flexibility index (Phi) is 4.99. The first-order chi connectivity index (χ1) is 10.1. The maximum absolute atomic E-state index is 12.0. The van der Waals surface area contributed by atoms with Crippen molar-refractivity contribution in [3.63, 3.8) is 0 Å². The van der Waals surface area contributed by atoms with Gasteiger partial charge in [-0.3, -0.25) is 5.43 Å². The van der Waals surface area contributed by atoms with Crippen LogP contribution in [0.1, 0.15) is 29.6 Å². The molecule has 1 aromatic carbocycles. The number of piperidine rings is 1. The molecular formula is C14H19N3O4. The highest BCUT2D eigenvalue weighted by Gasteiger charge is 2.15. The molecule has 1 heterocycles. The third kappa shape index (κ3) is 4.09. The van der Waals surface area contributed by atoms with Crippen LogP contribution in [0.25, 0.3) is 0 Å². The molecule has 0 aromatic heterocycles. The molecule has 3 N–H and O–H groups in total. The number of nitrogens with zero attached hydrogens (tertiary/aromatic N) is 1. The van der Waals surface area contributed by atoms with Gasteiger partial charge in [0, 0.05) is 13.1 Å². The van der Waals surface area contributed by atoms with Crippen molar-refractivity contribution in [3.05, 3.63) is 23.8 Å². The number of carboxylic acid groups (broad SMARTS) is 1. The maximum atomic E-state index is 12.0. The third-order valence-corrected chi connectivity index (χ3v) is 3.31. The molecule has 0 radical (unpaired) electrons. The average Bonchev–Trinajstić information content (AvgIpc) is 2.48. The Hall–Kier alpha value is -2.28. The molecule has 0 aliphatic carbocycles. The summed E-state index contributed by atoms with van der Waals surface area (Å²) in [7, 11) is 1.46. The highest BCUT2D eigenvalue weighted by molar-refractivity contribution is 5.94. The fourth-order valence-electron chi connectivity index (χ4n) is 2.24. The first-order valence-electron chi connectivity index (χ1n) is 6.84. The monoisotopic (exact) mass is 293 g/mol. The predicted octanol–water partition coefficient (Wildman–Crippen LogP) is 1.92. The number of rotatable bonds is 4. The first-order valence-corrected chi connectivity index (χ1v) is 6.84. The van der Waals surface area contributed by atoms with E-state index < -0.39 is 12.0 Å². The molecule has 0 saturated carbocycles. The van der Waals surface area contributed by atoms with Crippen LogP contribution in [0.5, 0.6) is 5.75 Å². The molecule has 1 fully saturated rings. The minimum absolute atomic E-state index is 0.0871. The van der Waals surface area contributed by atoms with E-state index in [1.807, 2.05) is 5.01 Å². The van der Waals surface area contributed by atoms with Crippen molar-refractivity contribution in [2.75, 3.05) is 25.5 Å². The number of ether oxygens (including phenoxy) is 1. The van der Waals surface area contributed by atoms with Crippen molar-refractivity contribution < 1.29 is 19.4 Å². The van der Waals surface area contributed by atoms with E-state index in [0.717, 1.165) is 25.9 Å². The number of anilines is 1. The molecule has 0 spiro atoms. The molecule has 2 rings (SSSR count). The topological polar surface area (TPSA) is 90.9 Å². The van der Waals surface area contributed by atoms with Crippen LogP contribution in [0.15, 0.2) is 18.2 Å². The second-order valence-corrected chi connectivity index (χ2v) is 4.83. The quantitative estimate of drug-likeness (QED) is 0.789. The van der Waals surface area contributed by atoms with E-state index in [0.29, 0.717) is 11.4 Å². The lowest BCUT2D eigenvalue weighted by Gasteiger charge is -2.26. The van der Waals surface area contributed by atoms with Gasteiger partial charge < -0.3 is 15.2 Å². The van der Waals surface area contributed by atoms with Gasteiger partial charge in [0.2, 0.25) is 0 Å². The molecule has 0 bridgehead atoms. The van der Waals surface area contributed by atoms with Crippen molar-refractivity contribution in [2.24, 2.45) is 0 Å². The van der Waals surface area contributed by atoms with Gasteiger partial charge in [0.05, 0.1) is 18.4 Å². The van der Waals surface area contributed by atoms with Crippen LogP contribution in [0.2, 0.25) is 0 Å². The Labute approximate surface area is 122 Å². The predicted molar refractivity (Wildman–Crippen MR) is 77.5 cm³/mol. The zero-order valence-electron chi connectivity index (χ0n) is 11.9. The van der Waals surface area contributed by atoms with Crippen LogP contribution < -0.4 is 15.5 Å². The van der Waals surface area contributed by atoms with E-state index in [1.165, 1.54) is 31.7 Å². The van der Waals surface area contributed by atoms with Crippen LogP contribution in [0.3, 0.4) is 0 Å². The van der Waals surface area contributed by atoms with E-state index in [-0.39, 0.29) is 5.56 Å². The fourth-order valence-corrected chi connectivity index (χ4v) is 2.24. The summed E-state index contributed by atoms with van der Waals surface area (Å²) in [4.78, 5) is 22.9. The lowest BCUT2D eigenvalue weighted by Crippen LogP contribution is -2.46. The Morgan fingerprint density at radius 2 is 1.95 bits per heavy atom. The van der Waals surface area contributed by atoms with Crippen molar-refractivity contribution in [1.29, 1.82) is 0 Å². The normalized spacial score (nSPS) is 15.3. The maximum Gasteiger partial charge on any atom is 0.335 e. The Morgan fingerprint density at radius 1 is 1.24 bits per heavy atom. The van der Waals surface area contributed by atoms with E-state index in [9.17, 15) is 9.59 Å². The molecule has 21 heavy (non-hydrogen) atoms. The van der Waals surface area contributed by atoms with Gasteiger partial charge in [-0.2, -0.15) is 0 Å². The first kappa shape index (κ1) is 15.1. The lowest BCUT2D eigenvalue weighted by molar-refractivity contribution is 0.0697. The van der Waals surface area contributed by atoms with Crippen LogP contribution >= 0.6 is 0 Å². The SMILES string of the molecule is COc1ccc(C(=O)O)cc1NC(=O)NN1CCCCC1. The Bertz CT molecular complexity index is 527. The summed E-state index contributed by atoms with van der Waals surface area (Å²) in [6, 6.07) is 3.91. The number of carbonyl (C=O) groups is 2. The Balaban J connectivity index is 2.04. The second-order valence-electron chi connectivity index (χ2n) is 4.83. The number of hydrogen-bond donors (Lipinski definition) is 3. The number of nitrogens with one attached hydrogen (secondary N) is 2. The zero-order chi connectivity index (χ0) is 15.2.